The van der Waals surface area contributed by atoms with E-state index in [1.165, 1.54) is 12.1 Å². The van der Waals surface area contributed by atoms with Crippen molar-refractivity contribution in [3.63, 3.8) is 0 Å². The average molecular weight is 382 g/mol. The van der Waals surface area contributed by atoms with E-state index < -0.39 is 4.92 Å². The fourth-order valence-corrected chi connectivity index (χ4v) is 2.94. The molecule has 1 aliphatic heterocycles. The summed E-state index contributed by atoms with van der Waals surface area (Å²) in [5, 5.41) is 14.7. The number of ether oxygens (including phenoxy) is 2. The molecule has 0 spiro atoms. The molecule has 0 radical (unpaired) electrons. The van der Waals surface area contributed by atoms with E-state index in [4.69, 9.17) is 14.0 Å². The van der Waals surface area contributed by atoms with Gasteiger partial charge in [-0.25, -0.2) is 0 Å². The van der Waals surface area contributed by atoms with Gasteiger partial charge < -0.3 is 14.0 Å². The van der Waals surface area contributed by atoms with Crippen molar-refractivity contribution < 1.29 is 18.9 Å². The third-order valence-electron chi connectivity index (χ3n) is 4.45. The van der Waals surface area contributed by atoms with E-state index in [1.54, 1.807) is 12.1 Å². The zero-order valence-electron chi connectivity index (χ0n) is 15.2. The Morgan fingerprint density at radius 2 is 1.89 bits per heavy atom. The summed E-state index contributed by atoms with van der Waals surface area (Å²) in [6.07, 6.45) is 0. The van der Waals surface area contributed by atoms with Crippen LogP contribution in [0, 0.1) is 10.1 Å². The highest BCUT2D eigenvalue weighted by Gasteiger charge is 2.16. The first-order valence-corrected chi connectivity index (χ1v) is 8.80. The second kappa shape index (κ2) is 7.65. The zero-order valence-corrected chi connectivity index (χ0v) is 15.2. The van der Waals surface area contributed by atoms with Crippen molar-refractivity contribution in [2.75, 3.05) is 13.3 Å². The molecule has 0 saturated heterocycles. The van der Waals surface area contributed by atoms with Crippen molar-refractivity contribution in [3.8, 4) is 22.9 Å². The molecule has 2 aromatic carbocycles. The third-order valence-corrected chi connectivity index (χ3v) is 4.45. The molecule has 0 unspecified atom stereocenters. The minimum Gasteiger partial charge on any atom is -0.454 e. The molecule has 144 valence electrons. The maximum absolute atomic E-state index is 10.8. The van der Waals surface area contributed by atoms with Crippen LogP contribution in [-0.2, 0) is 13.1 Å². The first-order valence-electron chi connectivity index (χ1n) is 8.80. The molecule has 0 amide bonds. The minimum atomic E-state index is -0.444. The first kappa shape index (κ1) is 17.9. The van der Waals surface area contributed by atoms with Crippen LogP contribution < -0.4 is 9.47 Å². The highest BCUT2D eigenvalue weighted by Crippen LogP contribution is 2.33. The molecule has 28 heavy (non-hydrogen) atoms. The number of hydrogen-bond donors (Lipinski definition) is 0. The summed E-state index contributed by atoms with van der Waals surface area (Å²) < 4.78 is 16.1. The van der Waals surface area contributed by atoms with Gasteiger partial charge in [-0.15, -0.1) is 0 Å². The molecule has 4 rings (SSSR count). The molecule has 0 bridgehead atoms. The van der Waals surface area contributed by atoms with Crippen molar-refractivity contribution in [3.05, 3.63) is 64.0 Å². The molecular weight excluding hydrogens is 364 g/mol. The summed E-state index contributed by atoms with van der Waals surface area (Å²) in [7, 11) is 0. The molecule has 9 heteroatoms. The van der Waals surface area contributed by atoms with Gasteiger partial charge in [0.1, 0.15) is 0 Å². The largest absolute Gasteiger partial charge is 0.454 e. The second-order valence-corrected chi connectivity index (χ2v) is 6.31. The predicted octanol–water partition coefficient (Wildman–Crippen LogP) is 3.40. The first-order chi connectivity index (χ1) is 13.6. The van der Waals surface area contributed by atoms with Crippen LogP contribution in [0.4, 0.5) is 5.69 Å². The molecule has 2 heterocycles. The van der Waals surface area contributed by atoms with Crippen molar-refractivity contribution in [1.29, 1.82) is 0 Å². The van der Waals surface area contributed by atoms with Crippen molar-refractivity contribution >= 4 is 5.69 Å². The highest BCUT2D eigenvalue weighted by atomic mass is 16.7. The number of hydrogen-bond acceptors (Lipinski definition) is 8. The molecular formula is C19H18N4O5. The molecule has 0 aliphatic carbocycles. The number of nitro benzene ring substituents is 1. The molecule has 0 saturated carbocycles. The predicted molar refractivity (Wildman–Crippen MR) is 98.7 cm³/mol. The number of benzene rings is 2. The van der Waals surface area contributed by atoms with E-state index in [2.05, 4.69) is 22.0 Å². The van der Waals surface area contributed by atoms with Gasteiger partial charge in [0.25, 0.3) is 5.69 Å². The van der Waals surface area contributed by atoms with Gasteiger partial charge in [0, 0.05) is 24.2 Å². The molecule has 0 fully saturated rings. The lowest BCUT2D eigenvalue weighted by Gasteiger charge is -2.18. The third kappa shape index (κ3) is 3.79. The van der Waals surface area contributed by atoms with Crippen LogP contribution in [0.1, 0.15) is 18.4 Å². The smallest absolute Gasteiger partial charge is 0.269 e. The van der Waals surface area contributed by atoms with Gasteiger partial charge in [-0.05, 0) is 36.4 Å². The lowest BCUT2D eigenvalue weighted by molar-refractivity contribution is -0.384. The van der Waals surface area contributed by atoms with Gasteiger partial charge in [0.2, 0.25) is 18.5 Å². The van der Waals surface area contributed by atoms with Crippen LogP contribution in [0.5, 0.6) is 11.5 Å². The summed E-state index contributed by atoms with van der Waals surface area (Å²) >= 11 is 0. The summed E-state index contributed by atoms with van der Waals surface area (Å²) in [6, 6.07) is 11.9. The number of aromatic nitrogens is 2. The molecule has 1 aliphatic rings. The quantitative estimate of drug-likeness (QED) is 0.452. The van der Waals surface area contributed by atoms with E-state index in [-0.39, 0.29) is 12.5 Å². The van der Waals surface area contributed by atoms with Gasteiger partial charge in [-0.1, -0.05) is 18.1 Å². The maximum atomic E-state index is 10.8. The summed E-state index contributed by atoms with van der Waals surface area (Å²) in [6.45, 7) is 4.29. The van der Waals surface area contributed by atoms with Crippen molar-refractivity contribution in [2.24, 2.45) is 0 Å². The SMILES string of the molecule is CCN(Cc1ccc2c(c1)OCO2)Cc1nc(-c2ccc([N+](=O)[O-])cc2)no1. The molecule has 3 aromatic rings. The monoisotopic (exact) mass is 382 g/mol. The van der Waals surface area contributed by atoms with Gasteiger partial charge >= 0.3 is 0 Å². The Bertz CT molecular complexity index is 986. The highest BCUT2D eigenvalue weighted by molar-refractivity contribution is 5.56. The number of rotatable bonds is 7. The summed E-state index contributed by atoms with van der Waals surface area (Å²) in [4.78, 5) is 16.9. The van der Waals surface area contributed by atoms with Crippen LogP contribution in [-0.4, -0.2) is 33.3 Å². The van der Waals surface area contributed by atoms with Gasteiger partial charge in [-0.3, -0.25) is 15.0 Å². The van der Waals surface area contributed by atoms with Crippen LogP contribution in [0.3, 0.4) is 0 Å². The summed E-state index contributed by atoms with van der Waals surface area (Å²) in [5.74, 6) is 2.41. The van der Waals surface area contributed by atoms with E-state index in [0.717, 1.165) is 23.6 Å². The molecule has 9 nitrogen and oxygen atoms in total. The molecule has 1 aromatic heterocycles. The molecule has 0 N–H and O–H groups in total. The summed E-state index contributed by atoms with van der Waals surface area (Å²) in [5.41, 5.74) is 1.79. The number of nitrogens with zero attached hydrogens (tertiary/aromatic N) is 4. The minimum absolute atomic E-state index is 0.0216. The van der Waals surface area contributed by atoms with Crippen molar-refractivity contribution in [1.82, 2.24) is 15.0 Å². The lowest BCUT2D eigenvalue weighted by Crippen LogP contribution is -2.22. The molecule has 0 atom stereocenters. The number of fused-ring (bicyclic) bond motifs is 1. The number of nitro groups is 1. The lowest BCUT2D eigenvalue weighted by atomic mass is 10.2. The van der Waals surface area contributed by atoms with Crippen LogP contribution in [0.2, 0.25) is 0 Å². The van der Waals surface area contributed by atoms with Gasteiger partial charge in [-0.2, -0.15) is 4.98 Å². The topological polar surface area (TPSA) is 104 Å². The van der Waals surface area contributed by atoms with Crippen LogP contribution in [0.15, 0.2) is 47.0 Å². The Morgan fingerprint density at radius 1 is 1.11 bits per heavy atom. The maximum Gasteiger partial charge on any atom is 0.269 e. The van der Waals surface area contributed by atoms with Gasteiger partial charge in [0.05, 0.1) is 11.5 Å². The standard InChI is InChI=1S/C19H18N4O5/c1-2-22(10-13-3-8-16-17(9-13)27-12-26-16)11-18-20-19(21-28-18)14-4-6-15(7-5-14)23(24)25/h3-9H,2,10-12H2,1H3. The van der Waals surface area contributed by atoms with E-state index in [9.17, 15) is 10.1 Å². The average Bonchev–Trinajstić information content (AvgIpc) is 3.36. The van der Waals surface area contributed by atoms with E-state index in [1.807, 2.05) is 18.2 Å². The second-order valence-electron chi connectivity index (χ2n) is 6.31. The Kier molecular flexibility index (Phi) is 4.90. The zero-order chi connectivity index (χ0) is 19.5. The Balaban J connectivity index is 1.43. The van der Waals surface area contributed by atoms with Gasteiger partial charge in [0.15, 0.2) is 11.5 Å². The Labute approximate surface area is 160 Å². The van der Waals surface area contributed by atoms with Crippen LogP contribution >= 0.6 is 0 Å². The van der Waals surface area contributed by atoms with E-state index in [0.29, 0.717) is 30.4 Å². The van der Waals surface area contributed by atoms with E-state index >= 15 is 0 Å². The Hall–Kier alpha value is -3.46. The Morgan fingerprint density at radius 3 is 2.64 bits per heavy atom. The normalized spacial score (nSPS) is 12.5. The van der Waals surface area contributed by atoms with Crippen LogP contribution in [0.25, 0.3) is 11.4 Å². The van der Waals surface area contributed by atoms with Crippen molar-refractivity contribution in [2.45, 2.75) is 20.0 Å². The fourth-order valence-electron chi connectivity index (χ4n) is 2.94. The fraction of sp³-hybridized carbons (Fsp3) is 0.263. The number of non-ortho nitro benzene ring substituents is 1.